The van der Waals surface area contributed by atoms with Crippen molar-refractivity contribution in [1.29, 1.82) is 0 Å². The summed E-state index contributed by atoms with van der Waals surface area (Å²) in [6.45, 7) is 3.99. The molecule has 26 heavy (non-hydrogen) atoms. The fourth-order valence-corrected chi connectivity index (χ4v) is 2.64. The highest BCUT2D eigenvalue weighted by atomic mass is 79.9. The zero-order chi connectivity index (χ0) is 18.2. The Bertz CT molecular complexity index is 844. The Morgan fingerprint density at radius 1 is 1.08 bits per heavy atom. The van der Waals surface area contributed by atoms with Gasteiger partial charge in [-0.15, -0.1) is 0 Å². The van der Waals surface area contributed by atoms with E-state index in [0.717, 1.165) is 33.8 Å². The van der Waals surface area contributed by atoms with E-state index in [1.54, 1.807) is 6.26 Å². The summed E-state index contributed by atoms with van der Waals surface area (Å²) >= 11 is 3.44. The van der Waals surface area contributed by atoms with Crippen molar-refractivity contribution in [1.82, 2.24) is 15.6 Å². The van der Waals surface area contributed by atoms with Crippen LogP contribution in [0.4, 0.5) is 0 Å². The molecule has 5 nitrogen and oxygen atoms in total. The normalized spacial score (nSPS) is 11.4. The minimum absolute atomic E-state index is 0.544. The summed E-state index contributed by atoms with van der Waals surface area (Å²) in [5, 5.41) is 6.53. The Balaban J connectivity index is 1.61. The standard InChI is InChI=1S/C20H21BrN4O/c1-2-22-20(23-12-15-8-10-17(21)11-9-15)24-13-18-14-26-19(25-18)16-6-4-3-5-7-16/h3-11,14H,2,12-13H2,1H3,(H2,22,23,24). The molecule has 134 valence electrons. The van der Waals surface area contributed by atoms with Gasteiger partial charge in [0.15, 0.2) is 5.96 Å². The Morgan fingerprint density at radius 3 is 2.58 bits per heavy atom. The lowest BCUT2D eigenvalue weighted by Crippen LogP contribution is -2.36. The van der Waals surface area contributed by atoms with Crippen molar-refractivity contribution in [2.75, 3.05) is 6.54 Å². The monoisotopic (exact) mass is 412 g/mol. The number of nitrogens with zero attached hydrogens (tertiary/aromatic N) is 2. The van der Waals surface area contributed by atoms with Crippen molar-refractivity contribution in [3.8, 4) is 11.5 Å². The number of hydrogen-bond donors (Lipinski definition) is 2. The van der Waals surface area contributed by atoms with E-state index in [-0.39, 0.29) is 0 Å². The summed E-state index contributed by atoms with van der Waals surface area (Å²) in [6.07, 6.45) is 1.67. The number of halogens is 1. The van der Waals surface area contributed by atoms with Crippen molar-refractivity contribution >= 4 is 21.9 Å². The topological polar surface area (TPSA) is 62.5 Å². The van der Waals surface area contributed by atoms with Gasteiger partial charge in [-0.1, -0.05) is 46.3 Å². The van der Waals surface area contributed by atoms with Crippen molar-refractivity contribution in [2.45, 2.75) is 20.0 Å². The van der Waals surface area contributed by atoms with Crippen LogP contribution < -0.4 is 10.6 Å². The fourth-order valence-electron chi connectivity index (χ4n) is 2.38. The molecule has 0 atom stereocenters. The molecule has 0 aliphatic rings. The number of nitrogens with one attached hydrogen (secondary N) is 2. The van der Waals surface area contributed by atoms with Crippen LogP contribution in [0.25, 0.3) is 11.5 Å². The predicted molar refractivity (Wildman–Crippen MR) is 108 cm³/mol. The highest BCUT2D eigenvalue weighted by Gasteiger charge is 2.07. The van der Waals surface area contributed by atoms with Crippen LogP contribution in [0.1, 0.15) is 18.2 Å². The number of hydrogen-bond acceptors (Lipinski definition) is 3. The van der Waals surface area contributed by atoms with Gasteiger partial charge in [-0.3, -0.25) is 0 Å². The molecule has 0 unspecified atom stereocenters. The van der Waals surface area contributed by atoms with Crippen LogP contribution >= 0.6 is 15.9 Å². The lowest BCUT2D eigenvalue weighted by atomic mass is 10.2. The van der Waals surface area contributed by atoms with E-state index < -0.39 is 0 Å². The van der Waals surface area contributed by atoms with Gasteiger partial charge < -0.3 is 15.1 Å². The average Bonchev–Trinajstić information content (AvgIpc) is 3.15. The van der Waals surface area contributed by atoms with Gasteiger partial charge in [-0.05, 0) is 36.8 Å². The molecule has 2 N–H and O–H groups in total. The third kappa shape index (κ3) is 5.20. The summed E-state index contributed by atoms with van der Waals surface area (Å²) in [4.78, 5) is 9.14. The number of rotatable bonds is 6. The zero-order valence-corrected chi connectivity index (χ0v) is 16.2. The molecule has 0 fully saturated rings. The Hall–Kier alpha value is -2.60. The number of aromatic nitrogens is 1. The first-order chi connectivity index (χ1) is 12.7. The van der Waals surface area contributed by atoms with E-state index in [1.165, 1.54) is 0 Å². The van der Waals surface area contributed by atoms with Crippen LogP contribution in [0.5, 0.6) is 0 Å². The van der Waals surface area contributed by atoms with Gasteiger partial charge in [0.1, 0.15) is 6.26 Å². The average molecular weight is 413 g/mol. The van der Waals surface area contributed by atoms with Gasteiger partial charge >= 0.3 is 0 Å². The molecular weight excluding hydrogens is 392 g/mol. The second-order valence-electron chi connectivity index (χ2n) is 5.69. The molecule has 0 bridgehead atoms. The molecule has 2 aromatic carbocycles. The smallest absolute Gasteiger partial charge is 0.226 e. The van der Waals surface area contributed by atoms with Gasteiger partial charge in [-0.2, -0.15) is 0 Å². The van der Waals surface area contributed by atoms with E-state index in [1.807, 2.05) is 49.4 Å². The molecule has 3 rings (SSSR count). The molecule has 1 heterocycles. The molecular formula is C20H21BrN4O. The maximum absolute atomic E-state index is 5.57. The van der Waals surface area contributed by atoms with E-state index in [4.69, 9.17) is 4.42 Å². The second-order valence-corrected chi connectivity index (χ2v) is 6.60. The van der Waals surface area contributed by atoms with Gasteiger partial charge in [0.05, 0.1) is 18.8 Å². The number of oxazole rings is 1. The van der Waals surface area contributed by atoms with Crippen molar-refractivity contribution < 1.29 is 4.42 Å². The van der Waals surface area contributed by atoms with Crippen molar-refractivity contribution in [2.24, 2.45) is 4.99 Å². The van der Waals surface area contributed by atoms with Crippen LogP contribution in [0.2, 0.25) is 0 Å². The third-order valence-electron chi connectivity index (χ3n) is 3.69. The molecule has 1 aromatic heterocycles. The molecule has 0 saturated carbocycles. The van der Waals surface area contributed by atoms with Crippen LogP contribution in [0.3, 0.4) is 0 Å². The molecule has 0 spiro atoms. The van der Waals surface area contributed by atoms with Crippen LogP contribution in [-0.2, 0) is 13.1 Å². The molecule has 6 heteroatoms. The highest BCUT2D eigenvalue weighted by molar-refractivity contribution is 9.10. The second kappa shape index (κ2) is 9.20. The van der Waals surface area contributed by atoms with E-state index in [2.05, 4.69) is 48.7 Å². The quantitative estimate of drug-likeness (QED) is 0.466. The number of guanidine groups is 1. The zero-order valence-electron chi connectivity index (χ0n) is 14.6. The van der Waals surface area contributed by atoms with E-state index in [0.29, 0.717) is 19.0 Å². The Kier molecular flexibility index (Phi) is 6.44. The van der Waals surface area contributed by atoms with Crippen LogP contribution in [-0.4, -0.2) is 17.5 Å². The number of aliphatic imine (C=N–C) groups is 1. The lowest BCUT2D eigenvalue weighted by Gasteiger charge is -2.10. The maximum Gasteiger partial charge on any atom is 0.226 e. The first kappa shape index (κ1) is 18.2. The minimum Gasteiger partial charge on any atom is -0.444 e. The summed E-state index contributed by atoms with van der Waals surface area (Å²) < 4.78 is 6.63. The van der Waals surface area contributed by atoms with Gasteiger partial charge in [-0.25, -0.2) is 9.98 Å². The molecule has 0 aliphatic carbocycles. The van der Waals surface area contributed by atoms with Crippen LogP contribution in [0, 0.1) is 0 Å². The van der Waals surface area contributed by atoms with Crippen molar-refractivity contribution in [3.05, 3.63) is 76.6 Å². The first-order valence-corrected chi connectivity index (χ1v) is 9.30. The molecule has 0 aliphatic heterocycles. The Labute approximate surface area is 161 Å². The lowest BCUT2D eigenvalue weighted by molar-refractivity contribution is 0.572. The van der Waals surface area contributed by atoms with Gasteiger partial charge in [0.25, 0.3) is 0 Å². The van der Waals surface area contributed by atoms with Crippen LogP contribution in [0.15, 0.2) is 74.7 Å². The summed E-state index contributed by atoms with van der Waals surface area (Å²) in [5.41, 5.74) is 2.95. The summed E-state index contributed by atoms with van der Waals surface area (Å²) in [7, 11) is 0. The highest BCUT2D eigenvalue weighted by Crippen LogP contribution is 2.17. The molecule has 0 radical (unpaired) electrons. The fraction of sp³-hybridized carbons (Fsp3) is 0.200. The largest absolute Gasteiger partial charge is 0.444 e. The molecule has 0 saturated heterocycles. The van der Waals surface area contributed by atoms with Crippen molar-refractivity contribution in [3.63, 3.8) is 0 Å². The number of benzene rings is 2. The van der Waals surface area contributed by atoms with E-state index in [9.17, 15) is 0 Å². The van der Waals surface area contributed by atoms with Gasteiger partial charge in [0, 0.05) is 16.6 Å². The summed E-state index contributed by atoms with van der Waals surface area (Å²) in [6, 6.07) is 18.0. The SMILES string of the molecule is CCNC(=NCc1ccc(Br)cc1)NCc1coc(-c2ccccc2)n1. The van der Waals surface area contributed by atoms with Gasteiger partial charge in [0.2, 0.25) is 5.89 Å². The van der Waals surface area contributed by atoms with E-state index >= 15 is 0 Å². The molecule has 0 amide bonds. The minimum atomic E-state index is 0.544. The predicted octanol–water partition coefficient (Wildman–Crippen LogP) is 4.36. The maximum atomic E-state index is 5.57. The Morgan fingerprint density at radius 2 is 1.85 bits per heavy atom. The third-order valence-corrected chi connectivity index (χ3v) is 4.22. The molecule has 3 aromatic rings. The summed E-state index contributed by atoms with van der Waals surface area (Å²) in [5.74, 6) is 1.37. The first-order valence-electron chi connectivity index (χ1n) is 8.51.